The largest absolute Gasteiger partial charge is 0.368 e. The van der Waals surface area contributed by atoms with E-state index < -0.39 is 5.91 Å². The zero-order valence-corrected chi connectivity index (χ0v) is 12.9. The van der Waals surface area contributed by atoms with Gasteiger partial charge in [-0.05, 0) is 30.7 Å². The number of rotatable bonds is 7. The molecule has 0 aromatic rings. The monoisotopic (exact) mass is 283 g/mol. The van der Waals surface area contributed by atoms with Crippen LogP contribution in [0.15, 0.2) is 0 Å². The number of nitrogens with zero attached hydrogens (tertiary/aromatic N) is 1. The Kier molecular flexibility index (Phi) is 6.46. The maximum atomic E-state index is 12.5. The fourth-order valence-electron chi connectivity index (χ4n) is 3.07. The molecule has 1 rings (SSSR count). The van der Waals surface area contributed by atoms with Crippen molar-refractivity contribution in [2.24, 2.45) is 22.8 Å². The molecule has 1 fully saturated rings. The molecule has 5 heteroatoms. The van der Waals surface area contributed by atoms with Crippen molar-refractivity contribution in [2.75, 3.05) is 19.6 Å². The zero-order valence-electron chi connectivity index (χ0n) is 12.9. The van der Waals surface area contributed by atoms with Gasteiger partial charge in [0.15, 0.2) is 0 Å². The van der Waals surface area contributed by atoms with Crippen LogP contribution in [-0.4, -0.2) is 36.3 Å². The van der Waals surface area contributed by atoms with Crippen molar-refractivity contribution in [1.29, 1.82) is 0 Å². The summed E-state index contributed by atoms with van der Waals surface area (Å²) in [5.74, 6) is -0.118. The molecule has 1 aliphatic rings. The normalized spacial score (nSPS) is 18.0. The van der Waals surface area contributed by atoms with Gasteiger partial charge in [-0.2, -0.15) is 0 Å². The highest BCUT2D eigenvalue weighted by molar-refractivity contribution is 5.84. The number of primary amides is 1. The Balaban J connectivity index is 2.69. The molecule has 20 heavy (non-hydrogen) atoms. The van der Waals surface area contributed by atoms with E-state index in [1.54, 1.807) is 4.90 Å². The fraction of sp³-hybridized carbons (Fsp3) is 0.867. The Labute approximate surface area is 122 Å². The van der Waals surface area contributed by atoms with Gasteiger partial charge in [0.25, 0.3) is 0 Å². The van der Waals surface area contributed by atoms with Gasteiger partial charge in [0, 0.05) is 13.0 Å². The van der Waals surface area contributed by atoms with E-state index in [0.29, 0.717) is 25.4 Å². The van der Waals surface area contributed by atoms with Crippen LogP contribution < -0.4 is 11.5 Å². The molecule has 0 aliphatic heterocycles. The van der Waals surface area contributed by atoms with Crippen molar-refractivity contribution >= 4 is 11.8 Å². The van der Waals surface area contributed by atoms with Crippen LogP contribution in [0, 0.1) is 11.3 Å². The quantitative estimate of drug-likeness (QED) is 0.737. The Morgan fingerprint density at radius 3 is 2.25 bits per heavy atom. The number of hydrogen-bond donors (Lipinski definition) is 2. The lowest BCUT2D eigenvalue weighted by molar-refractivity contribution is -0.138. The lowest BCUT2D eigenvalue weighted by atomic mass is 9.71. The second kappa shape index (κ2) is 7.62. The van der Waals surface area contributed by atoms with Gasteiger partial charge in [-0.25, -0.2) is 0 Å². The number of carbonyl (C=O) groups excluding carboxylic acids is 2. The summed E-state index contributed by atoms with van der Waals surface area (Å²) in [5, 5.41) is 0. The highest BCUT2D eigenvalue weighted by Gasteiger charge is 2.34. The molecule has 0 unspecified atom stereocenters. The molecular formula is C15H29N3O2. The highest BCUT2D eigenvalue weighted by atomic mass is 16.2. The second-order valence-electron chi connectivity index (χ2n) is 6.58. The molecular weight excluding hydrogens is 254 g/mol. The van der Waals surface area contributed by atoms with Gasteiger partial charge < -0.3 is 16.4 Å². The Morgan fingerprint density at radius 1 is 1.20 bits per heavy atom. The summed E-state index contributed by atoms with van der Waals surface area (Å²) < 4.78 is 0. The van der Waals surface area contributed by atoms with Crippen LogP contribution in [0.1, 0.15) is 52.4 Å². The van der Waals surface area contributed by atoms with E-state index in [-0.39, 0.29) is 17.9 Å². The second-order valence-corrected chi connectivity index (χ2v) is 6.58. The van der Waals surface area contributed by atoms with Crippen molar-refractivity contribution in [3.63, 3.8) is 0 Å². The van der Waals surface area contributed by atoms with Crippen LogP contribution in [0.3, 0.4) is 0 Å². The van der Waals surface area contributed by atoms with E-state index >= 15 is 0 Å². The number of hydrogen-bond acceptors (Lipinski definition) is 3. The lowest BCUT2D eigenvalue weighted by Crippen LogP contribution is -2.44. The van der Waals surface area contributed by atoms with Crippen molar-refractivity contribution in [3.05, 3.63) is 0 Å². The van der Waals surface area contributed by atoms with Gasteiger partial charge in [-0.1, -0.05) is 33.1 Å². The average molecular weight is 283 g/mol. The van der Waals surface area contributed by atoms with Crippen LogP contribution in [0.25, 0.3) is 0 Å². The van der Waals surface area contributed by atoms with E-state index in [9.17, 15) is 9.59 Å². The summed E-state index contributed by atoms with van der Waals surface area (Å²) >= 11 is 0. The fourth-order valence-corrected chi connectivity index (χ4v) is 3.07. The third-order valence-corrected chi connectivity index (χ3v) is 4.16. The summed E-state index contributed by atoms with van der Waals surface area (Å²) in [6, 6.07) is 0. The molecule has 0 aromatic carbocycles. The molecule has 0 spiro atoms. The van der Waals surface area contributed by atoms with Crippen molar-refractivity contribution < 1.29 is 9.59 Å². The maximum Gasteiger partial charge on any atom is 0.237 e. The van der Waals surface area contributed by atoms with E-state index in [0.717, 1.165) is 25.7 Å². The van der Waals surface area contributed by atoms with Crippen molar-refractivity contribution in [1.82, 2.24) is 4.90 Å². The highest BCUT2D eigenvalue weighted by Crippen LogP contribution is 2.38. The van der Waals surface area contributed by atoms with Gasteiger partial charge in [0.05, 0.1) is 6.54 Å². The van der Waals surface area contributed by atoms with Gasteiger partial charge >= 0.3 is 0 Å². The minimum absolute atomic E-state index is 0.0116. The molecule has 0 aromatic heterocycles. The standard InChI is InChI=1S/C15H29N3O2/c1-12(2)9-18(10-13(17)19)14(20)8-15(11-16)6-4-3-5-7-15/h12H,3-11,16H2,1-2H3,(H2,17,19). The minimum atomic E-state index is -0.454. The van der Waals surface area contributed by atoms with Gasteiger partial charge in [-0.15, -0.1) is 0 Å². The van der Waals surface area contributed by atoms with Gasteiger partial charge in [0.1, 0.15) is 0 Å². The predicted octanol–water partition coefficient (Wildman–Crippen LogP) is 1.26. The molecule has 5 nitrogen and oxygen atoms in total. The predicted molar refractivity (Wildman–Crippen MR) is 79.8 cm³/mol. The first-order chi connectivity index (χ1) is 9.38. The maximum absolute atomic E-state index is 12.5. The zero-order chi connectivity index (χ0) is 15.2. The Hall–Kier alpha value is -1.10. The summed E-state index contributed by atoms with van der Waals surface area (Å²) in [4.78, 5) is 25.2. The summed E-state index contributed by atoms with van der Waals surface area (Å²) in [5.41, 5.74) is 11.1. The smallest absolute Gasteiger partial charge is 0.237 e. The van der Waals surface area contributed by atoms with E-state index in [4.69, 9.17) is 11.5 Å². The van der Waals surface area contributed by atoms with Crippen LogP contribution >= 0.6 is 0 Å². The molecule has 0 bridgehead atoms. The van der Waals surface area contributed by atoms with E-state index in [1.165, 1.54) is 6.42 Å². The van der Waals surface area contributed by atoms with Crippen LogP contribution in [0.4, 0.5) is 0 Å². The molecule has 1 aliphatic carbocycles. The molecule has 0 saturated heterocycles. The van der Waals surface area contributed by atoms with Gasteiger partial charge in [-0.3, -0.25) is 9.59 Å². The molecule has 116 valence electrons. The third kappa shape index (κ3) is 5.12. The molecule has 0 radical (unpaired) electrons. The first-order valence-electron chi connectivity index (χ1n) is 7.65. The summed E-state index contributed by atoms with van der Waals surface area (Å²) in [6.07, 6.45) is 5.99. The average Bonchev–Trinajstić information content (AvgIpc) is 2.38. The summed E-state index contributed by atoms with van der Waals surface area (Å²) in [6.45, 7) is 5.19. The Morgan fingerprint density at radius 2 is 1.80 bits per heavy atom. The van der Waals surface area contributed by atoms with Crippen LogP contribution in [0.2, 0.25) is 0 Å². The summed E-state index contributed by atoms with van der Waals surface area (Å²) in [7, 11) is 0. The molecule has 2 amide bonds. The Bertz CT molecular complexity index is 336. The SMILES string of the molecule is CC(C)CN(CC(N)=O)C(=O)CC1(CN)CCCCC1. The van der Waals surface area contributed by atoms with E-state index in [2.05, 4.69) is 0 Å². The van der Waals surface area contributed by atoms with Crippen LogP contribution in [0.5, 0.6) is 0 Å². The molecule has 0 atom stereocenters. The van der Waals surface area contributed by atoms with Crippen LogP contribution in [-0.2, 0) is 9.59 Å². The lowest BCUT2D eigenvalue weighted by Gasteiger charge is -2.37. The first-order valence-corrected chi connectivity index (χ1v) is 7.65. The van der Waals surface area contributed by atoms with Crippen molar-refractivity contribution in [2.45, 2.75) is 52.4 Å². The topological polar surface area (TPSA) is 89.4 Å². The number of nitrogens with two attached hydrogens (primary N) is 2. The van der Waals surface area contributed by atoms with E-state index in [1.807, 2.05) is 13.8 Å². The molecule has 4 N–H and O–H groups in total. The van der Waals surface area contributed by atoms with Crippen molar-refractivity contribution in [3.8, 4) is 0 Å². The molecule has 1 saturated carbocycles. The minimum Gasteiger partial charge on any atom is -0.368 e. The molecule has 0 heterocycles. The van der Waals surface area contributed by atoms with Gasteiger partial charge in [0.2, 0.25) is 11.8 Å². The third-order valence-electron chi connectivity index (χ3n) is 4.16. The first kappa shape index (κ1) is 17.0. The number of amides is 2. The number of carbonyl (C=O) groups is 2.